The molecule has 0 saturated heterocycles. The average Bonchev–Trinajstić information content (AvgIpc) is 3.04. The fourth-order valence-electron chi connectivity index (χ4n) is 5.60. The maximum absolute atomic E-state index is 12.5. The average molecular weight is 639 g/mol. The van der Waals surface area contributed by atoms with Crippen molar-refractivity contribution in [2.45, 2.75) is 121 Å². The summed E-state index contributed by atoms with van der Waals surface area (Å²) in [5.41, 5.74) is 2.01. The summed E-state index contributed by atoms with van der Waals surface area (Å²) < 4.78 is 0. The third-order valence-electron chi connectivity index (χ3n) is 8.07. The van der Waals surface area contributed by atoms with Crippen LogP contribution in [0.1, 0.15) is 101 Å². The molecule has 0 heterocycles. The van der Waals surface area contributed by atoms with E-state index in [2.05, 4.69) is 28.1 Å². The van der Waals surface area contributed by atoms with Gasteiger partial charge >= 0.3 is 12.2 Å². The molecule has 2 aromatic carbocycles. The smallest absolute Gasteiger partial charge is 0.411 e. The molecule has 0 aliphatic heterocycles. The van der Waals surface area contributed by atoms with Gasteiger partial charge in [-0.2, -0.15) is 0 Å². The number of amides is 3. The molecule has 0 aliphatic carbocycles. The predicted octanol–water partition coefficient (Wildman–Crippen LogP) is 6.44. The van der Waals surface area contributed by atoms with Crippen LogP contribution in [0.15, 0.2) is 60.7 Å². The van der Waals surface area contributed by atoms with Crippen molar-refractivity contribution < 1.29 is 29.4 Å². The van der Waals surface area contributed by atoms with Crippen LogP contribution in [-0.2, 0) is 22.4 Å². The molecule has 0 spiro atoms. The van der Waals surface area contributed by atoms with Crippen LogP contribution < -0.4 is 21.3 Å². The number of imide groups is 1. The van der Waals surface area contributed by atoms with Crippen molar-refractivity contribution in [1.82, 2.24) is 21.3 Å². The topological polar surface area (TPSA) is 157 Å². The lowest BCUT2D eigenvalue weighted by Crippen LogP contribution is -2.55. The molecule has 10 nitrogen and oxygen atoms in total. The number of benzene rings is 2. The second kappa shape index (κ2) is 24.5. The first-order chi connectivity index (χ1) is 22.4. The largest absolute Gasteiger partial charge is 0.465 e. The quantitative estimate of drug-likeness (QED) is 0.0391. The summed E-state index contributed by atoms with van der Waals surface area (Å²) >= 11 is 0. The zero-order valence-electron chi connectivity index (χ0n) is 27.1. The van der Waals surface area contributed by atoms with Gasteiger partial charge in [-0.15, -0.1) is 0 Å². The molecule has 2 unspecified atom stereocenters. The van der Waals surface area contributed by atoms with Crippen molar-refractivity contribution >= 4 is 24.4 Å². The Balaban J connectivity index is 1.50. The van der Waals surface area contributed by atoms with Crippen LogP contribution in [0, 0.1) is 0 Å². The summed E-state index contributed by atoms with van der Waals surface area (Å²) in [5.74, 6) is -0.718. The molecule has 0 fully saturated rings. The first-order valence-electron chi connectivity index (χ1n) is 16.9. The highest BCUT2D eigenvalue weighted by Crippen LogP contribution is 2.14. The molecule has 2 aromatic rings. The van der Waals surface area contributed by atoms with Crippen molar-refractivity contribution in [2.75, 3.05) is 6.54 Å². The summed E-state index contributed by atoms with van der Waals surface area (Å²) in [6, 6.07) is 18.3. The standard InChI is InChI=1S/C36H54N4O6/c41-28-31(26-29-20-14-12-15-21-29)37-25-19-11-9-7-5-3-1-2-4-6-8-10-18-24-33(39-35(43)44)38-32(34(42)40-36(45)46)27-30-22-16-13-17-23-30/h12-17,20-23,28,31-33,37-39H,1-11,18-19,24-27H2,(H,40,42)(H,43,44)(H,45,46)/t31?,32-,33?/m0/s1. The number of carbonyl (C=O) groups is 4. The van der Waals surface area contributed by atoms with E-state index in [1.807, 2.05) is 53.8 Å². The van der Waals surface area contributed by atoms with Gasteiger partial charge < -0.3 is 25.6 Å². The third kappa shape index (κ3) is 18.9. The van der Waals surface area contributed by atoms with Crippen molar-refractivity contribution in [2.24, 2.45) is 0 Å². The van der Waals surface area contributed by atoms with Crippen LogP contribution in [0.4, 0.5) is 9.59 Å². The van der Waals surface area contributed by atoms with E-state index in [4.69, 9.17) is 5.11 Å². The van der Waals surface area contributed by atoms with Crippen LogP contribution in [0.5, 0.6) is 0 Å². The Morgan fingerprint density at radius 1 is 0.630 bits per heavy atom. The van der Waals surface area contributed by atoms with Crippen LogP contribution >= 0.6 is 0 Å². The number of aldehydes is 1. The summed E-state index contributed by atoms with van der Waals surface area (Å²) in [7, 11) is 0. The van der Waals surface area contributed by atoms with Gasteiger partial charge in [-0.05, 0) is 43.4 Å². The highest BCUT2D eigenvalue weighted by atomic mass is 16.4. The monoisotopic (exact) mass is 638 g/mol. The normalized spacial score (nSPS) is 13.0. The molecule has 0 aliphatic rings. The molecule has 254 valence electrons. The number of unbranched alkanes of at least 4 members (excludes halogenated alkanes) is 12. The molecule has 0 aromatic heterocycles. The number of rotatable bonds is 26. The van der Waals surface area contributed by atoms with E-state index < -0.39 is 30.3 Å². The minimum atomic E-state index is -1.45. The van der Waals surface area contributed by atoms with E-state index in [0.717, 1.165) is 56.9 Å². The van der Waals surface area contributed by atoms with Gasteiger partial charge in [-0.3, -0.25) is 15.4 Å². The maximum Gasteiger partial charge on any atom is 0.411 e. The molecule has 0 radical (unpaired) electrons. The maximum atomic E-state index is 12.5. The third-order valence-corrected chi connectivity index (χ3v) is 8.07. The zero-order chi connectivity index (χ0) is 33.2. The van der Waals surface area contributed by atoms with Crippen LogP contribution in [0.3, 0.4) is 0 Å². The molecule has 3 atom stereocenters. The van der Waals surface area contributed by atoms with Gasteiger partial charge in [-0.25, -0.2) is 9.59 Å². The molecule has 6 N–H and O–H groups in total. The van der Waals surface area contributed by atoms with E-state index in [9.17, 15) is 24.3 Å². The Hall–Kier alpha value is -3.76. The van der Waals surface area contributed by atoms with Gasteiger partial charge in [0.25, 0.3) is 0 Å². The lowest BCUT2D eigenvalue weighted by molar-refractivity contribution is -0.122. The van der Waals surface area contributed by atoms with Crippen LogP contribution in [0.2, 0.25) is 0 Å². The van der Waals surface area contributed by atoms with Gasteiger partial charge in [0.1, 0.15) is 6.29 Å². The summed E-state index contributed by atoms with van der Waals surface area (Å²) in [6.07, 6.45) is 14.1. The highest BCUT2D eigenvalue weighted by molar-refractivity contribution is 5.94. The molecule has 3 amide bonds. The van der Waals surface area contributed by atoms with Gasteiger partial charge in [0, 0.05) is 0 Å². The molecule has 46 heavy (non-hydrogen) atoms. The molecule has 10 heteroatoms. The number of carboxylic acid groups (broad SMARTS) is 2. The molecule has 2 rings (SSSR count). The number of nitrogens with one attached hydrogen (secondary N) is 4. The SMILES string of the molecule is O=CC(Cc1ccccc1)NCCCCCCCCCCCCCCCC(NC(=O)O)N[C@@H](Cc1ccccc1)C(=O)NC(=O)O. The molecular weight excluding hydrogens is 584 g/mol. The van der Waals surface area contributed by atoms with Gasteiger partial charge in [0.05, 0.1) is 18.2 Å². The van der Waals surface area contributed by atoms with Crippen molar-refractivity contribution in [3.05, 3.63) is 71.8 Å². The Morgan fingerprint density at radius 3 is 1.59 bits per heavy atom. The van der Waals surface area contributed by atoms with Crippen molar-refractivity contribution in [3.63, 3.8) is 0 Å². The first-order valence-corrected chi connectivity index (χ1v) is 16.9. The number of carbonyl (C=O) groups excluding carboxylic acids is 2. The minimum absolute atomic E-state index is 0.116. The van der Waals surface area contributed by atoms with Gasteiger partial charge in [0.2, 0.25) is 5.91 Å². The van der Waals surface area contributed by atoms with E-state index >= 15 is 0 Å². The van der Waals surface area contributed by atoms with Crippen molar-refractivity contribution in [3.8, 4) is 0 Å². The van der Waals surface area contributed by atoms with E-state index in [1.165, 1.54) is 56.9 Å². The van der Waals surface area contributed by atoms with Gasteiger partial charge in [-0.1, -0.05) is 138 Å². The highest BCUT2D eigenvalue weighted by Gasteiger charge is 2.24. The number of hydrogen-bond donors (Lipinski definition) is 6. The molecular formula is C36H54N4O6. The molecule has 0 saturated carbocycles. The second-order valence-electron chi connectivity index (χ2n) is 12.0. The minimum Gasteiger partial charge on any atom is -0.465 e. The first kappa shape index (κ1) is 38.4. The Morgan fingerprint density at radius 2 is 1.11 bits per heavy atom. The summed E-state index contributed by atoms with van der Waals surface area (Å²) in [6.45, 7) is 0.877. The Kier molecular flexibility index (Phi) is 20.4. The summed E-state index contributed by atoms with van der Waals surface area (Å²) in [5, 5.41) is 29.0. The number of hydrogen-bond acceptors (Lipinski definition) is 6. The van der Waals surface area contributed by atoms with E-state index in [1.54, 1.807) is 0 Å². The lowest BCUT2D eigenvalue weighted by atomic mass is 10.0. The van der Waals surface area contributed by atoms with E-state index in [-0.39, 0.29) is 12.5 Å². The van der Waals surface area contributed by atoms with Crippen LogP contribution in [-0.4, -0.2) is 59.4 Å². The Labute approximate surface area is 274 Å². The van der Waals surface area contributed by atoms with E-state index in [0.29, 0.717) is 6.42 Å². The fraction of sp³-hybridized carbons (Fsp3) is 0.556. The molecule has 0 bridgehead atoms. The van der Waals surface area contributed by atoms with Crippen molar-refractivity contribution in [1.29, 1.82) is 0 Å². The second-order valence-corrected chi connectivity index (χ2v) is 12.0. The predicted molar refractivity (Wildman–Crippen MR) is 181 cm³/mol. The zero-order valence-corrected chi connectivity index (χ0v) is 27.1. The van der Waals surface area contributed by atoms with Crippen LogP contribution in [0.25, 0.3) is 0 Å². The van der Waals surface area contributed by atoms with Gasteiger partial charge in [0.15, 0.2) is 0 Å². The summed E-state index contributed by atoms with van der Waals surface area (Å²) in [4.78, 5) is 46.3. The fourth-order valence-corrected chi connectivity index (χ4v) is 5.60. The Bertz CT molecular complexity index is 1120. The lowest BCUT2D eigenvalue weighted by Gasteiger charge is -2.25.